The molecule has 0 aromatic heterocycles. The Morgan fingerprint density at radius 1 is 1.25 bits per heavy atom. The molecule has 3 nitrogen and oxygen atoms in total. The van der Waals surface area contributed by atoms with Gasteiger partial charge in [0.2, 0.25) is 0 Å². The van der Waals surface area contributed by atoms with Crippen LogP contribution in [0.5, 0.6) is 0 Å². The van der Waals surface area contributed by atoms with Crippen LogP contribution in [0.15, 0.2) is 18.2 Å². The molecule has 1 N–H and O–H groups in total. The molecule has 1 heterocycles. The van der Waals surface area contributed by atoms with Crippen molar-refractivity contribution in [2.75, 3.05) is 6.54 Å². The molecule has 1 aliphatic rings. The lowest BCUT2D eigenvalue weighted by molar-refractivity contribution is 0.0748. The van der Waals surface area contributed by atoms with Crippen molar-refractivity contribution in [3.05, 3.63) is 34.9 Å². The molecule has 0 fully saturated rings. The van der Waals surface area contributed by atoms with Crippen LogP contribution >= 0.6 is 0 Å². The molecule has 0 bridgehead atoms. The van der Waals surface area contributed by atoms with Crippen LogP contribution in [0.1, 0.15) is 62.5 Å². The number of fused-ring (bicyclic) bond motifs is 1. The van der Waals surface area contributed by atoms with Crippen molar-refractivity contribution in [2.45, 2.75) is 60.6 Å². The van der Waals surface area contributed by atoms with Gasteiger partial charge in [-0.2, -0.15) is 0 Å². The van der Waals surface area contributed by atoms with Crippen molar-refractivity contribution in [3.63, 3.8) is 0 Å². The second-order valence-corrected chi connectivity index (χ2v) is 4.53. The third kappa shape index (κ3) is 4.97. The number of hydrogen-bond acceptors (Lipinski definition) is 2. The molecule has 3 heteroatoms. The monoisotopic (exact) mass is 279 g/mol. The molecule has 0 radical (unpaired) electrons. The van der Waals surface area contributed by atoms with Gasteiger partial charge in [0.15, 0.2) is 0 Å². The van der Waals surface area contributed by atoms with Gasteiger partial charge < -0.3 is 10.0 Å². The van der Waals surface area contributed by atoms with Crippen LogP contribution in [0.4, 0.5) is 0 Å². The van der Waals surface area contributed by atoms with Crippen molar-refractivity contribution in [1.29, 1.82) is 0 Å². The Bertz CT molecular complexity index is 413. The number of carbonyl (C=O) groups is 1. The number of hydrogen-bond donors (Lipinski definition) is 1. The van der Waals surface area contributed by atoms with Gasteiger partial charge >= 0.3 is 0 Å². The first-order valence-electron chi connectivity index (χ1n) is 7.65. The number of carbonyl (C=O) groups excluding carboxylic acids is 1. The van der Waals surface area contributed by atoms with Crippen LogP contribution in [-0.4, -0.2) is 28.6 Å². The highest BCUT2D eigenvalue weighted by molar-refractivity contribution is 5.98. The lowest BCUT2D eigenvalue weighted by Gasteiger charge is -2.16. The van der Waals surface area contributed by atoms with E-state index in [1.165, 1.54) is 5.56 Å². The van der Waals surface area contributed by atoms with E-state index in [2.05, 4.69) is 6.07 Å². The zero-order chi connectivity index (χ0) is 15.7. The lowest BCUT2D eigenvalue weighted by atomic mass is 10.1. The predicted octanol–water partition coefficient (Wildman–Crippen LogP) is 3.77. The summed E-state index contributed by atoms with van der Waals surface area (Å²) in [6.07, 6.45) is 0.289. The minimum Gasteiger partial charge on any atom is -0.393 e. The number of rotatable bonds is 3. The van der Waals surface area contributed by atoms with Crippen molar-refractivity contribution in [3.8, 4) is 0 Å². The average Bonchev–Trinajstić information content (AvgIpc) is 2.77. The molecule has 1 aromatic carbocycles. The minimum absolute atomic E-state index is 0.0932. The van der Waals surface area contributed by atoms with E-state index < -0.39 is 0 Å². The summed E-state index contributed by atoms with van der Waals surface area (Å²) in [5.41, 5.74) is 3.11. The van der Waals surface area contributed by atoms with Gasteiger partial charge in [0.05, 0.1) is 6.10 Å². The molecule has 114 valence electrons. The summed E-state index contributed by atoms with van der Waals surface area (Å²) < 4.78 is 0. The molecule has 0 saturated carbocycles. The van der Waals surface area contributed by atoms with E-state index in [0.717, 1.165) is 11.1 Å². The van der Waals surface area contributed by atoms with E-state index in [9.17, 15) is 9.90 Å². The summed E-state index contributed by atoms with van der Waals surface area (Å²) in [7, 11) is 0. The molecule has 1 aromatic rings. The van der Waals surface area contributed by atoms with Crippen molar-refractivity contribution < 1.29 is 9.90 Å². The fraction of sp³-hybridized carbons (Fsp3) is 0.588. The van der Waals surface area contributed by atoms with Crippen LogP contribution in [-0.2, 0) is 6.54 Å². The Balaban J connectivity index is 0.000000829. The van der Waals surface area contributed by atoms with Gasteiger partial charge in [0, 0.05) is 18.7 Å². The minimum atomic E-state index is -0.349. The van der Waals surface area contributed by atoms with E-state index in [1.807, 2.05) is 46.8 Å². The van der Waals surface area contributed by atoms with Gasteiger partial charge in [-0.05, 0) is 31.9 Å². The highest BCUT2D eigenvalue weighted by Gasteiger charge is 2.26. The summed E-state index contributed by atoms with van der Waals surface area (Å²) in [6.45, 7) is 13.1. The molecule has 1 aliphatic heterocycles. The molecule has 0 spiro atoms. The first-order chi connectivity index (χ1) is 9.58. The van der Waals surface area contributed by atoms with E-state index in [-0.39, 0.29) is 12.0 Å². The first-order valence-corrected chi connectivity index (χ1v) is 7.65. The normalized spacial score (nSPS) is 13.8. The van der Waals surface area contributed by atoms with Crippen molar-refractivity contribution >= 4 is 5.91 Å². The van der Waals surface area contributed by atoms with Gasteiger partial charge in [-0.1, -0.05) is 45.4 Å². The molecule has 2 rings (SSSR count). The number of aliphatic hydroxyl groups is 1. The smallest absolute Gasteiger partial charge is 0.254 e. The van der Waals surface area contributed by atoms with Gasteiger partial charge in [-0.25, -0.2) is 0 Å². The Kier molecular flexibility index (Phi) is 8.89. The largest absolute Gasteiger partial charge is 0.393 e. The summed E-state index contributed by atoms with van der Waals surface area (Å²) >= 11 is 0. The third-order valence-electron chi connectivity index (χ3n) is 2.96. The Morgan fingerprint density at radius 2 is 1.85 bits per heavy atom. The van der Waals surface area contributed by atoms with E-state index in [4.69, 9.17) is 0 Å². The Morgan fingerprint density at radius 3 is 2.40 bits per heavy atom. The first kappa shape index (κ1) is 18.7. The maximum Gasteiger partial charge on any atom is 0.254 e. The van der Waals surface area contributed by atoms with Crippen LogP contribution in [0.25, 0.3) is 0 Å². The quantitative estimate of drug-likeness (QED) is 0.915. The topological polar surface area (TPSA) is 40.5 Å². The highest BCUT2D eigenvalue weighted by Crippen LogP contribution is 2.23. The molecule has 0 saturated heterocycles. The fourth-order valence-electron chi connectivity index (χ4n) is 2.03. The predicted molar refractivity (Wildman–Crippen MR) is 84.9 cm³/mol. The highest BCUT2D eigenvalue weighted by atomic mass is 16.3. The van der Waals surface area contributed by atoms with Crippen LogP contribution in [0.2, 0.25) is 0 Å². The van der Waals surface area contributed by atoms with Crippen LogP contribution < -0.4 is 0 Å². The molecule has 1 atom stereocenters. The zero-order valence-electron chi connectivity index (χ0n) is 13.7. The van der Waals surface area contributed by atoms with Crippen molar-refractivity contribution in [2.24, 2.45) is 0 Å². The SMILES string of the molecule is CC.CC.Cc1ccc2c(c1)CN(CCC(C)O)C2=O. The second kappa shape index (κ2) is 9.54. The van der Waals surface area contributed by atoms with E-state index in [0.29, 0.717) is 19.5 Å². The molecular formula is C17H29NO2. The van der Waals surface area contributed by atoms with Gasteiger partial charge in [-0.3, -0.25) is 4.79 Å². The Hall–Kier alpha value is -1.35. The number of nitrogens with zero attached hydrogens (tertiary/aromatic N) is 1. The number of aliphatic hydroxyl groups excluding tert-OH is 1. The Labute approximate surface area is 123 Å². The van der Waals surface area contributed by atoms with Gasteiger partial charge in [-0.15, -0.1) is 0 Å². The molecule has 1 amide bonds. The van der Waals surface area contributed by atoms with Crippen LogP contribution in [0, 0.1) is 6.92 Å². The van der Waals surface area contributed by atoms with Crippen LogP contribution in [0.3, 0.4) is 0 Å². The standard InChI is InChI=1S/C13H17NO2.2C2H6/c1-9-3-4-12-11(7-9)8-14(13(12)16)6-5-10(2)15;2*1-2/h3-4,7,10,15H,5-6,8H2,1-2H3;2*1-2H3. The second-order valence-electron chi connectivity index (χ2n) is 4.53. The summed E-state index contributed by atoms with van der Waals surface area (Å²) in [5.74, 6) is 0.0932. The van der Waals surface area contributed by atoms with Crippen molar-refractivity contribution in [1.82, 2.24) is 4.90 Å². The zero-order valence-corrected chi connectivity index (χ0v) is 13.7. The van der Waals surface area contributed by atoms with E-state index in [1.54, 1.807) is 11.8 Å². The number of benzene rings is 1. The molecular weight excluding hydrogens is 250 g/mol. The van der Waals surface area contributed by atoms with Gasteiger partial charge in [0.1, 0.15) is 0 Å². The molecule has 20 heavy (non-hydrogen) atoms. The maximum absolute atomic E-state index is 12.0. The van der Waals surface area contributed by atoms with E-state index >= 15 is 0 Å². The molecule has 0 aliphatic carbocycles. The fourth-order valence-corrected chi connectivity index (χ4v) is 2.03. The summed E-state index contributed by atoms with van der Waals surface area (Å²) in [5, 5.41) is 9.22. The molecule has 1 unspecified atom stereocenters. The average molecular weight is 279 g/mol. The van der Waals surface area contributed by atoms with Gasteiger partial charge in [0.25, 0.3) is 5.91 Å². The summed E-state index contributed by atoms with van der Waals surface area (Å²) in [4.78, 5) is 13.8. The number of aryl methyl sites for hydroxylation is 1. The maximum atomic E-state index is 12.0. The lowest BCUT2D eigenvalue weighted by Crippen LogP contribution is -2.27. The third-order valence-corrected chi connectivity index (χ3v) is 2.96. The summed E-state index contributed by atoms with van der Waals surface area (Å²) in [6, 6.07) is 5.93. The number of amides is 1.